The molecule has 2 unspecified atom stereocenters. The molecule has 1 spiro atoms. The van der Waals surface area contributed by atoms with E-state index >= 15 is 0 Å². The Kier molecular flexibility index (Phi) is 7.18. The van der Waals surface area contributed by atoms with E-state index in [4.69, 9.17) is 14.5 Å². The molecular weight excluding hydrogens is 328 g/mol. The highest BCUT2D eigenvalue weighted by Gasteiger charge is 2.42. The predicted molar refractivity (Wildman–Crippen MR) is 106 cm³/mol. The van der Waals surface area contributed by atoms with Crippen LogP contribution in [-0.2, 0) is 9.47 Å². The molecule has 0 aliphatic carbocycles. The minimum atomic E-state index is 0.373. The van der Waals surface area contributed by atoms with Gasteiger partial charge in [0.15, 0.2) is 5.96 Å². The molecule has 2 atom stereocenters. The van der Waals surface area contributed by atoms with E-state index in [-0.39, 0.29) is 0 Å². The van der Waals surface area contributed by atoms with E-state index in [0.717, 1.165) is 71.7 Å². The number of hydrogen-bond acceptors (Lipinski definition) is 4. The lowest BCUT2D eigenvalue weighted by molar-refractivity contribution is 0.0142. The van der Waals surface area contributed by atoms with Crippen LogP contribution in [0.1, 0.15) is 40.0 Å². The van der Waals surface area contributed by atoms with Gasteiger partial charge in [0.1, 0.15) is 0 Å². The summed E-state index contributed by atoms with van der Waals surface area (Å²) < 4.78 is 11.2. The van der Waals surface area contributed by atoms with Crippen LogP contribution >= 0.6 is 0 Å². The number of rotatable bonds is 6. The lowest BCUT2D eigenvalue weighted by Gasteiger charge is -2.35. The number of ether oxygens (including phenoxy) is 2. The number of aliphatic imine (C=N–C) groups is 1. The molecule has 3 aliphatic rings. The zero-order chi connectivity index (χ0) is 18.4. The van der Waals surface area contributed by atoms with Gasteiger partial charge in [-0.05, 0) is 32.1 Å². The maximum Gasteiger partial charge on any atom is 0.193 e. The zero-order valence-corrected chi connectivity index (χ0v) is 17.0. The highest BCUT2D eigenvalue weighted by Crippen LogP contribution is 2.38. The summed E-state index contributed by atoms with van der Waals surface area (Å²) in [6, 6.07) is 0.513. The van der Waals surface area contributed by atoms with Gasteiger partial charge < -0.3 is 19.7 Å². The molecule has 3 heterocycles. The molecule has 3 fully saturated rings. The first-order valence-corrected chi connectivity index (χ1v) is 10.5. The fraction of sp³-hybridized carbons (Fsp3) is 0.950. The van der Waals surface area contributed by atoms with Crippen molar-refractivity contribution in [1.82, 2.24) is 15.1 Å². The summed E-state index contributed by atoms with van der Waals surface area (Å²) in [7, 11) is 0. The molecule has 3 aliphatic heterocycles. The van der Waals surface area contributed by atoms with E-state index in [1.54, 1.807) is 0 Å². The third-order valence-electron chi connectivity index (χ3n) is 6.02. The van der Waals surface area contributed by atoms with Gasteiger partial charge in [-0.3, -0.25) is 9.89 Å². The van der Waals surface area contributed by atoms with Crippen LogP contribution in [0.5, 0.6) is 0 Å². The highest BCUT2D eigenvalue weighted by atomic mass is 16.5. The maximum absolute atomic E-state index is 5.69. The fourth-order valence-electron chi connectivity index (χ4n) is 4.53. The van der Waals surface area contributed by atoms with E-state index in [1.807, 2.05) is 0 Å². The van der Waals surface area contributed by atoms with E-state index < -0.39 is 0 Å². The van der Waals surface area contributed by atoms with Gasteiger partial charge in [-0.25, -0.2) is 0 Å². The molecule has 3 rings (SSSR count). The second kappa shape index (κ2) is 9.38. The molecule has 0 saturated carbocycles. The Balaban J connectivity index is 1.64. The van der Waals surface area contributed by atoms with E-state index in [0.29, 0.717) is 17.4 Å². The van der Waals surface area contributed by atoms with Crippen LogP contribution in [0.3, 0.4) is 0 Å². The number of nitrogens with one attached hydrogen (secondary N) is 1. The van der Waals surface area contributed by atoms with Crippen LogP contribution in [0, 0.1) is 11.3 Å². The summed E-state index contributed by atoms with van der Waals surface area (Å²) in [4.78, 5) is 10.1. The number of guanidine groups is 1. The summed E-state index contributed by atoms with van der Waals surface area (Å²) in [5.41, 5.74) is 0.373. The van der Waals surface area contributed by atoms with Crippen LogP contribution in [0.4, 0.5) is 0 Å². The minimum Gasteiger partial charge on any atom is -0.381 e. The quantitative estimate of drug-likeness (QED) is 0.574. The molecule has 1 N–H and O–H groups in total. The third kappa shape index (κ3) is 5.11. The molecule has 0 bridgehead atoms. The number of morpholine rings is 1. The Morgan fingerprint density at radius 3 is 2.58 bits per heavy atom. The van der Waals surface area contributed by atoms with Crippen LogP contribution in [-0.4, -0.2) is 87.5 Å². The molecule has 0 aromatic rings. The van der Waals surface area contributed by atoms with E-state index in [9.17, 15) is 0 Å². The van der Waals surface area contributed by atoms with Crippen LogP contribution in [0.25, 0.3) is 0 Å². The summed E-state index contributed by atoms with van der Waals surface area (Å²) in [5, 5.41) is 3.53. The van der Waals surface area contributed by atoms with Gasteiger partial charge in [0.25, 0.3) is 0 Å². The van der Waals surface area contributed by atoms with Gasteiger partial charge in [0, 0.05) is 50.8 Å². The monoisotopic (exact) mass is 366 g/mol. The molecule has 26 heavy (non-hydrogen) atoms. The molecule has 0 amide bonds. The molecule has 6 heteroatoms. The van der Waals surface area contributed by atoms with Crippen molar-refractivity contribution in [2.45, 2.75) is 46.1 Å². The first kappa shape index (κ1) is 19.9. The second-order valence-electron chi connectivity index (χ2n) is 8.60. The lowest BCUT2D eigenvalue weighted by atomic mass is 9.87. The average molecular weight is 367 g/mol. The largest absolute Gasteiger partial charge is 0.381 e. The third-order valence-corrected chi connectivity index (χ3v) is 6.02. The average Bonchev–Trinajstić information content (AvgIpc) is 3.28. The van der Waals surface area contributed by atoms with Crippen molar-refractivity contribution in [3.8, 4) is 0 Å². The van der Waals surface area contributed by atoms with Gasteiger partial charge in [-0.1, -0.05) is 13.8 Å². The van der Waals surface area contributed by atoms with Crippen molar-refractivity contribution in [1.29, 1.82) is 0 Å². The zero-order valence-electron chi connectivity index (χ0n) is 17.0. The summed E-state index contributed by atoms with van der Waals surface area (Å²) >= 11 is 0. The highest BCUT2D eigenvalue weighted by molar-refractivity contribution is 5.80. The fourth-order valence-corrected chi connectivity index (χ4v) is 4.53. The van der Waals surface area contributed by atoms with Crippen molar-refractivity contribution >= 4 is 5.96 Å². The molecule has 3 saturated heterocycles. The smallest absolute Gasteiger partial charge is 0.193 e. The lowest BCUT2D eigenvalue weighted by Crippen LogP contribution is -2.47. The van der Waals surface area contributed by atoms with Gasteiger partial charge in [0.2, 0.25) is 0 Å². The van der Waals surface area contributed by atoms with Gasteiger partial charge in [-0.15, -0.1) is 0 Å². The molecule has 0 radical (unpaired) electrons. The second-order valence-corrected chi connectivity index (χ2v) is 8.60. The topological polar surface area (TPSA) is 49.3 Å². The van der Waals surface area contributed by atoms with Crippen LogP contribution in [0.15, 0.2) is 4.99 Å². The van der Waals surface area contributed by atoms with Crippen molar-refractivity contribution < 1.29 is 9.47 Å². The first-order chi connectivity index (χ1) is 12.6. The molecule has 0 aromatic carbocycles. The van der Waals surface area contributed by atoms with Gasteiger partial charge >= 0.3 is 0 Å². The van der Waals surface area contributed by atoms with Crippen molar-refractivity contribution in [3.63, 3.8) is 0 Å². The van der Waals surface area contributed by atoms with E-state index in [2.05, 4.69) is 35.9 Å². The molecule has 0 aromatic heterocycles. The Bertz CT molecular complexity index is 457. The van der Waals surface area contributed by atoms with Crippen molar-refractivity contribution in [2.24, 2.45) is 16.3 Å². The number of nitrogens with zero attached hydrogens (tertiary/aromatic N) is 3. The summed E-state index contributed by atoms with van der Waals surface area (Å²) in [6.45, 7) is 16.4. The SMILES string of the molecule is CCNC(=NCC(CC(C)C)N1CCOCC1)N1CCC2(CCOC2)C1. The van der Waals surface area contributed by atoms with Crippen molar-refractivity contribution in [2.75, 3.05) is 65.7 Å². The summed E-state index contributed by atoms with van der Waals surface area (Å²) in [6.07, 6.45) is 3.63. The molecular formula is C20H38N4O2. The maximum atomic E-state index is 5.69. The Hall–Kier alpha value is -0.850. The van der Waals surface area contributed by atoms with E-state index in [1.165, 1.54) is 19.3 Å². The molecule has 6 nitrogen and oxygen atoms in total. The summed E-state index contributed by atoms with van der Waals surface area (Å²) in [5.74, 6) is 1.78. The Morgan fingerprint density at radius 2 is 1.92 bits per heavy atom. The predicted octanol–water partition coefficient (Wildman–Crippen LogP) is 1.81. The molecule has 150 valence electrons. The van der Waals surface area contributed by atoms with Crippen LogP contribution < -0.4 is 5.32 Å². The normalized spacial score (nSPS) is 29.1. The standard InChI is InChI=1S/C20H38N4O2/c1-4-21-19(24-7-5-20(15-24)6-10-26-16-20)22-14-18(13-17(2)3)23-8-11-25-12-9-23/h17-18H,4-16H2,1-3H3,(H,21,22). The number of hydrogen-bond donors (Lipinski definition) is 1. The van der Waals surface area contributed by atoms with Gasteiger partial charge in [-0.2, -0.15) is 0 Å². The van der Waals surface area contributed by atoms with Gasteiger partial charge in [0.05, 0.1) is 26.4 Å². The Morgan fingerprint density at radius 1 is 1.12 bits per heavy atom. The van der Waals surface area contributed by atoms with Crippen molar-refractivity contribution in [3.05, 3.63) is 0 Å². The van der Waals surface area contributed by atoms with Crippen LogP contribution in [0.2, 0.25) is 0 Å². The Labute approximate surface area is 159 Å². The minimum absolute atomic E-state index is 0.373. The number of likely N-dealkylation sites (tertiary alicyclic amines) is 1. The first-order valence-electron chi connectivity index (χ1n) is 10.5.